The quantitative estimate of drug-likeness (QED) is 0.725. The third kappa shape index (κ3) is 4.03. The van der Waals surface area contributed by atoms with E-state index in [1.807, 2.05) is 0 Å². The number of carbonyl (C=O) groups excluding carboxylic acids is 1. The molecule has 4 atom stereocenters. The van der Waals surface area contributed by atoms with Crippen LogP contribution in [0, 0.1) is 11.8 Å². The maximum absolute atomic E-state index is 12.3. The Balaban J connectivity index is 1.65. The highest BCUT2D eigenvalue weighted by Gasteiger charge is 2.55. The molecule has 3 rings (SSSR count). The van der Waals surface area contributed by atoms with Crippen molar-refractivity contribution in [2.45, 2.75) is 70.4 Å². The summed E-state index contributed by atoms with van der Waals surface area (Å²) in [6.07, 6.45) is 11.1. The second-order valence-electron chi connectivity index (χ2n) is 8.00. The van der Waals surface area contributed by atoms with Gasteiger partial charge in [-0.1, -0.05) is 35.1 Å². The lowest BCUT2D eigenvalue weighted by Gasteiger charge is -2.31. The number of hydrogen-bond acceptors (Lipinski definition) is 4. The minimum absolute atomic E-state index is 0.0734. The number of aliphatic carboxylic acids is 1. The van der Waals surface area contributed by atoms with Crippen LogP contribution in [-0.2, 0) is 9.59 Å². The molecule has 0 aromatic rings. The highest BCUT2D eigenvalue weighted by molar-refractivity contribution is 8.14. The Morgan fingerprint density at radius 3 is 2.84 bits per heavy atom. The molecule has 25 heavy (non-hydrogen) atoms. The Kier molecular flexibility index (Phi) is 5.74. The largest absolute Gasteiger partial charge is 0.481 e. The molecule has 0 bridgehead atoms. The Labute approximate surface area is 154 Å². The monoisotopic (exact) mass is 363 g/mol. The molecule has 0 radical (unpaired) electrons. The first-order valence-corrected chi connectivity index (χ1v) is 10.4. The summed E-state index contributed by atoms with van der Waals surface area (Å²) >= 11 is 1.36. The lowest BCUT2D eigenvalue weighted by molar-refractivity contribution is -0.142. The van der Waals surface area contributed by atoms with E-state index < -0.39 is 17.4 Å². The molecular formula is C20H29NO3S. The molecule has 0 aromatic carbocycles. The Hall–Kier alpha value is -1.07. The predicted octanol–water partition coefficient (Wildman–Crippen LogP) is 3.92. The van der Waals surface area contributed by atoms with Gasteiger partial charge in [-0.25, -0.2) is 0 Å². The van der Waals surface area contributed by atoms with Crippen LogP contribution in [0.5, 0.6) is 0 Å². The molecule has 3 aliphatic rings. The molecule has 1 aliphatic carbocycles. The Bertz CT molecular complexity index is 608. The van der Waals surface area contributed by atoms with E-state index in [0.717, 1.165) is 44.3 Å². The average Bonchev–Trinajstić information content (AvgIpc) is 3.13. The first kappa shape index (κ1) is 18.7. The van der Waals surface area contributed by atoms with Crippen molar-refractivity contribution in [1.82, 2.24) is 5.32 Å². The average molecular weight is 364 g/mol. The summed E-state index contributed by atoms with van der Waals surface area (Å²) in [5.41, 5.74) is 2.28. The van der Waals surface area contributed by atoms with Crippen molar-refractivity contribution >= 4 is 22.8 Å². The van der Waals surface area contributed by atoms with Crippen molar-refractivity contribution in [3.05, 3.63) is 23.3 Å². The minimum Gasteiger partial charge on any atom is -0.481 e. The lowest BCUT2D eigenvalue weighted by Crippen LogP contribution is -2.48. The molecule has 138 valence electrons. The zero-order valence-electron chi connectivity index (χ0n) is 15.2. The normalized spacial score (nSPS) is 35.0. The van der Waals surface area contributed by atoms with Gasteiger partial charge in [-0.3, -0.25) is 9.59 Å². The fourth-order valence-electron chi connectivity index (χ4n) is 4.55. The van der Waals surface area contributed by atoms with Crippen LogP contribution in [0.2, 0.25) is 0 Å². The highest BCUT2D eigenvalue weighted by Crippen LogP contribution is 2.44. The third-order valence-corrected chi connectivity index (χ3v) is 7.05. The van der Waals surface area contributed by atoms with Gasteiger partial charge in [0.2, 0.25) is 5.12 Å². The van der Waals surface area contributed by atoms with Gasteiger partial charge >= 0.3 is 5.97 Å². The lowest BCUT2D eigenvalue weighted by atomic mass is 9.79. The standard InChI is InChI=1S/C20H29NO3S/c1-13(2)4-3-5-14-6-8-15(9-7-14)17-16(18(22)23)12-20(21-17)10-11-25-19(20)24/h4,6,15-17,21H,3,5,7-12H2,1-2H3,(H,22,23)/t15?,16-,17-,20-/m1/s1. The van der Waals surface area contributed by atoms with E-state index in [1.165, 1.54) is 22.9 Å². The van der Waals surface area contributed by atoms with Crippen molar-refractivity contribution in [3.63, 3.8) is 0 Å². The van der Waals surface area contributed by atoms with Gasteiger partial charge in [-0.15, -0.1) is 0 Å². The predicted molar refractivity (Wildman–Crippen MR) is 102 cm³/mol. The van der Waals surface area contributed by atoms with Crippen LogP contribution < -0.4 is 5.32 Å². The van der Waals surface area contributed by atoms with Crippen molar-refractivity contribution in [2.75, 3.05) is 5.75 Å². The van der Waals surface area contributed by atoms with Crippen LogP contribution in [-0.4, -0.2) is 33.5 Å². The number of hydrogen-bond donors (Lipinski definition) is 2. The summed E-state index contributed by atoms with van der Waals surface area (Å²) < 4.78 is 0. The summed E-state index contributed by atoms with van der Waals surface area (Å²) in [5.74, 6) is -0.0546. The fourth-order valence-corrected chi connectivity index (χ4v) is 5.71. The van der Waals surface area contributed by atoms with Crippen LogP contribution in [0.3, 0.4) is 0 Å². The molecule has 0 amide bonds. The zero-order chi connectivity index (χ0) is 18.0. The Morgan fingerprint density at radius 2 is 2.28 bits per heavy atom. The molecular weight excluding hydrogens is 334 g/mol. The number of carboxylic acid groups (broad SMARTS) is 1. The SMILES string of the molecule is CC(C)=CCCC1=CCC([C@H]2N[C@]3(CCSC3=O)C[C@H]2C(=O)O)CC1. The summed E-state index contributed by atoms with van der Waals surface area (Å²) in [6, 6.07) is -0.0734. The number of carboxylic acids is 1. The smallest absolute Gasteiger partial charge is 0.308 e. The molecule has 2 aliphatic heterocycles. The number of carbonyl (C=O) groups is 2. The molecule has 1 spiro atoms. The summed E-state index contributed by atoms with van der Waals surface area (Å²) in [5, 5.41) is 13.3. The fraction of sp³-hybridized carbons (Fsp3) is 0.700. The molecule has 0 saturated carbocycles. The minimum atomic E-state index is -0.752. The van der Waals surface area contributed by atoms with E-state index in [1.54, 1.807) is 0 Å². The molecule has 2 heterocycles. The number of nitrogens with one attached hydrogen (secondary N) is 1. The van der Waals surface area contributed by atoms with Crippen molar-refractivity contribution in [1.29, 1.82) is 0 Å². The van der Waals surface area contributed by atoms with Gasteiger partial charge in [-0.2, -0.15) is 0 Å². The maximum atomic E-state index is 12.3. The van der Waals surface area contributed by atoms with E-state index in [9.17, 15) is 14.7 Å². The van der Waals surface area contributed by atoms with Crippen LogP contribution in [0.4, 0.5) is 0 Å². The molecule has 0 aromatic heterocycles. The van der Waals surface area contributed by atoms with Gasteiger partial charge < -0.3 is 10.4 Å². The second-order valence-corrected chi connectivity index (χ2v) is 9.07. The third-order valence-electron chi connectivity index (χ3n) is 5.99. The van der Waals surface area contributed by atoms with E-state index >= 15 is 0 Å². The molecule has 2 saturated heterocycles. The van der Waals surface area contributed by atoms with Crippen LogP contribution in [0.1, 0.15) is 58.8 Å². The summed E-state index contributed by atoms with van der Waals surface area (Å²) in [7, 11) is 0. The zero-order valence-corrected chi connectivity index (χ0v) is 16.0. The molecule has 1 unspecified atom stereocenters. The first-order valence-electron chi connectivity index (χ1n) is 9.40. The first-order chi connectivity index (χ1) is 11.9. The van der Waals surface area contributed by atoms with E-state index in [0.29, 0.717) is 12.3 Å². The van der Waals surface area contributed by atoms with Crippen molar-refractivity contribution in [2.24, 2.45) is 11.8 Å². The number of thioether (sulfide) groups is 1. The molecule has 2 N–H and O–H groups in total. The summed E-state index contributed by atoms with van der Waals surface area (Å²) in [6.45, 7) is 4.25. The van der Waals surface area contributed by atoms with E-state index in [-0.39, 0.29) is 11.2 Å². The molecule has 4 nitrogen and oxygen atoms in total. The van der Waals surface area contributed by atoms with Crippen LogP contribution in [0.25, 0.3) is 0 Å². The van der Waals surface area contributed by atoms with Gasteiger partial charge in [0.25, 0.3) is 0 Å². The van der Waals surface area contributed by atoms with E-state index in [4.69, 9.17) is 0 Å². The van der Waals surface area contributed by atoms with Crippen molar-refractivity contribution < 1.29 is 14.7 Å². The molecule has 2 fully saturated rings. The number of rotatable bonds is 5. The van der Waals surface area contributed by atoms with Crippen molar-refractivity contribution in [3.8, 4) is 0 Å². The maximum Gasteiger partial charge on any atom is 0.308 e. The van der Waals surface area contributed by atoms with Crippen LogP contribution in [0.15, 0.2) is 23.3 Å². The molecule has 5 heteroatoms. The van der Waals surface area contributed by atoms with Gasteiger partial charge in [0, 0.05) is 11.8 Å². The Morgan fingerprint density at radius 1 is 1.48 bits per heavy atom. The topological polar surface area (TPSA) is 66.4 Å². The second kappa shape index (κ2) is 7.67. The van der Waals surface area contributed by atoms with Crippen LogP contribution >= 0.6 is 11.8 Å². The number of allylic oxidation sites excluding steroid dienone is 4. The summed E-state index contributed by atoms with van der Waals surface area (Å²) in [4.78, 5) is 24.1. The van der Waals surface area contributed by atoms with Gasteiger partial charge in [0.15, 0.2) is 0 Å². The van der Waals surface area contributed by atoms with Gasteiger partial charge in [0.05, 0.1) is 11.5 Å². The van der Waals surface area contributed by atoms with Gasteiger partial charge in [0.1, 0.15) is 0 Å². The highest BCUT2D eigenvalue weighted by atomic mass is 32.2. The van der Waals surface area contributed by atoms with E-state index in [2.05, 4.69) is 31.3 Å². The van der Waals surface area contributed by atoms with Gasteiger partial charge in [-0.05, 0) is 64.7 Å².